The van der Waals surface area contributed by atoms with Crippen LogP contribution in [0, 0.1) is 0 Å². The number of nitrogens with zero attached hydrogens (tertiary/aromatic N) is 3. The van der Waals surface area contributed by atoms with Crippen molar-refractivity contribution in [3.05, 3.63) is 217 Å². The molecule has 238 valence electrons. The summed E-state index contributed by atoms with van der Waals surface area (Å²) in [4.78, 5) is 21.0. The number of hydrogen-bond acceptors (Lipinski definition) is 3. The van der Waals surface area contributed by atoms with E-state index in [1.165, 1.54) is 0 Å². The molecule has 0 aliphatic heterocycles. The van der Waals surface area contributed by atoms with Crippen LogP contribution in [-0.4, -0.2) is 5.91 Å². The summed E-state index contributed by atoms with van der Waals surface area (Å²) in [5.74, 6) is -0.0841. The first-order valence-corrected chi connectivity index (χ1v) is 16.6. The van der Waals surface area contributed by atoms with Crippen LogP contribution < -0.4 is 14.7 Å². The van der Waals surface area contributed by atoms with Gasteiger partial charge in [0.1, 0.15) is 0 Å². The Morgan fingerprint density at radius 3 is 1.00 bits per heavy atom. The number of benzene rings is 7. The number of hydrogen-bond donors (Lipinski definition) is 0. The van der Waals surface area contributed by atoms with Gasteiger partial charge in [-0.3, -0.25) is 9.69 Å². The van der Waals surface area contributed by atoms with Crippen molar-refractivity contribution in [2.75, 3.05) is 14.7 Å². The highest BCUT2D eigenvalue weighted by atomic mass is 16.2. The molecule has 0 atom stereocenters. The number of rotatable bonds is 11. The SMILES string of the molecule is O=C(c1ccc(CN(c2ccccc2)c2ccccc2)c(CN(c2ccccc2)c2ccccc2)c1)N(c1ccccc1)c1ccccc1. The van der Waals surface area contributed by atoms with Gasteiger partial charge in [0.15, 0.2) is 0 Å². The van der Waals surface area contributed by atoms with E-state index in [-0.39, 0.29) is 5.91 Å². The fourth-order valence-corrected chi connectivity index (χ4v) is 6.16. The van der Waals surface area contributed by atoms with Gasteiger partial charge in [-0.25, -0.2) is 0 Å². The van der Waals surface area contributed by atoms with E-state index in [1.54, 1.807) is 4.90 Å². The lowest BCUT2D eigenvalue weighted by Gasteiger charge is -2.30. The Bertz CT molecular complexity index is 1950. The first-order valence-electron chi connectivity index (χ1n) is 16.6. The summed E-state index contributed by atoms with van der Waals surface area (Å²) in [7, 11) is 0. The van der Waals surface area contributed by atoms with E-state index >= 15 is 0 Å². The summed E-state index contributed by atoms with van der Waals surface area (Å²) in [6, 6.07) is 67.7. The number of para-hydroxylation sites is 6. The van der Waals surface area contributed by atoms with Crippen molar-refractivity contribution in [1.82, 2.24) is 0 Å². The highest BCUT2D eigenvalue weighted by molar-refractivity contribution is 6.11. The molecule has 4 heteroatoms. The van der Waals surface area contributed by atoms with Gasteiger partial charge < -0.3 is 9.80 Å². The molecular weight excluding hydrogens is 599 g/mol. The maximum Gasteiger partial charge on any atom is 0.262 e. The zero-order valence-corrected chi connectivity index (χ0v) is 27.2. The topological polar surface area (TPSA) is 26.8 Å². The summed E-state index contributed by atoms with van der Waals surface area (Å²) < 4.78 is 0. The second-order valence-electron chi connectivity index (χ2n) is 11.8. The van der Waals surface area contributed by atoms with Gasteiger partial charge in [0.2, 0.25) is 0 Å². The Labute approximate surface area is 288 Å². The Balaban J connectivity index is 1.35. The normalized spacial score (nSPS) is 10.7. The number of carbonyl (C=O) groups is 1. The molecule has 0 N–H and O–H groups in total. The molecule has 0 saturated heterocycles. The van der Waals surface area contributed by atoms with E-state index in [0.717, 1.165) is 45.3 Å². The third-order valence-corrected chi connectivity index (χ3v) is 8.61. The van der Waals surface area contributed by atoms with E-state index in [9.17, 15) is 4.79 Å². The number of anilines is 6. The van der Waals surface area contributed by atoms with E-state index < -0.39 is 0 Å². The Hall–Kier alpha value is -6.39. The minimum absolute atomic E-state index is 0.0841. The molecule has 0 unspecified atom stereocenters. The van der Waals surface area contributed by atoms with Gasteiger partial charge in [-0.2, -0.15) is 0 Å². The van der Waals surface area contributed by atoms with Crippen molar-refractivity contribution in [2.24, 2.45) is 0 Å². The quantitative estimate of drug-likeness (QED) is 0.141. The summed E-state index contributed by atoms with van der Waals surface area (Å²) in [5.41, 5.74) is 8.81. The average molecular weight is 636 g/mol. The van der Waals surface area contributed by atoms with Crippen LogP contribution in [0.1, 0.15) is 21.5 Å². The second-order valence-corrected chi connectivity index (χ2v) is 11.8. The minimum atomic E-state index is -0.0841. The zero-order valence-electron chi connectivity index (χ0n) is 27.2. The monoisotopic (exact) mass is 635 g/mol. The summed E-state index contributed by atoms with van der Waals surface area (Å²) >= 11 is 0. The summed E-state index contributed by atoms with van der Waals surface area (Å²) in [6.07, 6.45) is 0. The molecule has 0 aliphatic rings. The number of amides is 1. The molecule has 0 heterocycles. The molecule has 0 saturated carbocycles. The van der Waals surface area contributed by atoms with Gasteiger partial charge >= 0.3 is 0 Å². The molecule has 0 fully saturated rings. The lowest BCUT2D eigenvalue weighted by Crippen LogP contribution is -2.27. The smallest absolute Gasteiger partial charge is 0.262 e. The van der Waals surface area contributed by atoms with Gasteiger partial charge in [0.05, 0.1) is 0 Å². The molecule has 0 aliphatic carbocycles. The fourth-order valence-electron chi connectivity index (χ4n) is 6.16. The average Bonchev–Trinajstić information content (AvgIpc) is 3.18. The zero-order chi connectivity index (χ0) is 33.3. The molecule has 1 amide bonds. The van der Waals surface area contributed by atoms with Crippen LogP contribution in [0.25, 0.3) is 0 Å². The standard InChI is InChI=1S/C45H37N3O/c49-45(48(43-27-15-5-16-28-43)44-29-17-6-18-30-44)36-31-32-37(34-46(39-19-7-1-8-20-39)40-21-9-2-10-22-40)38(33-36)35-47(41-23-11-3-12-24-41)42-25-13-4-14-26-42/h1-33H,34-35H2. The lowest BCUT2D eigenvalue weighted by molar-refractivity contribution is 0.0999. The molecule has 7 aromatic carbocycles. The molecule has 4 nitrogen and oxygen atoms in total. The highest BCUT2D eigenvalue weighted by Crippen LogP contribution is 2.33. The molecular formula is C45H37N3O. The number of carbonyl (C=O) groups excluding carboxylic acids is 1. The Kier molecular flexibility index (Phi) is 9.57. The van der Waals surface area contributed by atoms with Crippen molar-refractivity contribution in [3.63, 3.8) is 0 Å². The maximum atomic E-state index is 14.6. The van der Waals surface area contributed by atoms with Crippen LogP contribution in [0.3, 0.4) is 0 Å². The van der Waals surface area contributed by atoms with Gasteiger partial charge in [0, 0.05) is 52.8 Å². The fraction of sp³-hybridized carbons (Fsp3) is 0.0444. The van der Waals surface area contributed by atoms with Gasteiger partial charge in [0.25, 0.3) is 5.91 Å². The second kappa shape index (κ2) is 15.0. The van der Waals surface area contributed by atoms with E-state index in [2.05, 4.69) is 119 Å². The molecule has 49 heavy (non-hydrogen) atoms. The first-order chi connectivity index (χ1) is 24.2. The van der Waals surface area contributed by atoms with Crippen molar-refractivity contribution < 1.29 is 4.79 Å². The van der Waals surface area contributed by atoms with Crippen molar-refractivity contribution in [2.45, 2.75) is 13.1 Å². The maximum absolute atomic E-state index is 14.6. The van der Waals surface area contributed by atoms with Crippen LogP contribution in [0.15, 0.2) is 200 Å². The first kappa shape index (κ1) is 31.2. The van der Waals surface area contributed by atoms with Gasteiger partial charge in [-0.05, 0) is 96.1 Å². The minimum Gasteiger partial charge on any atom is -0.337 e. The van der Waals surface area contributed by atoms with Crippen molar-refractivity contribution >= 4 is 40.0 Å². The lowest BCUT2D eigenvalue weighted by atomic mass is 10.00. The Morgan fingerprint density at radius 1 is 0.347 bits per heavy atom. The molecule has 7 rings (SSSR count). The van der Waals surface area contributed by atoms with Crippen LogP contribution in [0.2, 0.25) is 0 Å². The molecule has 0 aromatic heterocycles. The molecule has 7 aromatic rings. The Morgan fingerprint density at radius 2 is 0.653 bits per heavy atom. The molecule has 0 bridgehead atoms. The third-order valence-electron chi connectivity index (χ3n) is 8.61. The van der Waals surface area contributed by atoms with E-state index in [0.29, 0.717) is 18.7 Å². The highest BCUT2D eigenvalue weighted by Gasteiger charge is 2.23. The van der Waals surface area contributed by atoms with Crippen LogP contribution in [-0.2, 0) is 13.1 Å². The summed E-state index contributed by atoms with van der Waals surface area (Å²) in [6.45, 7) is 1.19. The summed E-state index contributed by atoms with van der Waals surface area (Å²) in [5, 5.41) is 0. The van der Waals surface area contributed by atoms with Crippen molar-refractivity contribution in [3.8, 4) is 0 Å². The van der Waals surface area contributed by atoms with Crippen LogP contribution in [0.4, 0.5) is 34.1 Å². The van der Waals surface area contributed by atoms with E-state index in [1.807, 2.05) is 91.0 Å². The predicted molar refractivity (Wildman–Crippen MR) is 203 cm³/mol. The van der Waals surface area contributed by atoms with Gasteiger partial charge in [-0.1, -0.05) is 115 Å². The molecule has 0 spiro atoms. The van der Waals surface area contributed by atoms with Crippen molar-refractivity contribution in [1.29, 1.82) is 0 Å². The van der Waals surface area contributed by atoms with Gasteiger partial charge in [-0.15, -0.1) is 0 Å². The van der Waals surface area contributed by atoms with E-state index in [4.69, 9.17) is 0 Å². The van der Waals surface area contributed by atoms with Crippen LogP contribution >= 0.6 is 0 Å². The van der Waals surface area contributed by atoms with Crippen LogP contribution in [0.5, 0.6) is 0 Å². The molecule has 0 radical (unpaired) electrons. The predicted octanol–water partition coefficient (Wildman–Crippen LogP) is 11.3. The largest absolute Gasteiger partial charge is 0.337 e. The third kappa shape index (κ3) is 7.29.